The minimum Gasteiger partial charge on any atom is -0.286 e. The summed E-state index contributed by atoms with van der Waals surface area (Å²) in [5, 5.41) is 1.63. The Morgan fingerprint density at radius 1 is 1.57 bits per heavy atom. The number of aliphatic imine (C=N–C) groups is 1. The average Bonchev–Trinajstić information content (AvgIpc) is 2.20. The monoisotopic (exact) mass is 228 g/mol. The number of thioether (sulfide) groups is 1. The molecule has 0 aliphatic heterocycles. The third-order valence-electron chi connectivity index (χ3n) is 2.05. The molecule has 0 bridgehead atoms. The molecular formula is C10H13ClN2S. The van der Waals surface area contributed by atoms with Gasteiger partial charge >= 0.3 is 0 Å². The van der Waals surface area contributed by atoms with E-state index in [1.165, 1.54) is 0 Å². The van der Waals surface area contributed by atoms with Crippen LogP contribution in [0.3, 0.4) is 0 Å². The van der Waals surface area contributed by atoms with E-state index >= 15 is 0 Å². The molecule has 76 valence electrons. The van der Waals surface area contributed by atoms with Gasteiger partial charge in [-0.25, -0.2) is 4.98 Å². The maximum absolute atomic E-state index is 5.72. The lowest BCUT2D eigenvalue weighted by molar-refractivity contribution is 1.01. The summed E-state index contributed by atoms with van der Waals surface area (Å²) in [6.45, 7) is 2.11. The van der Waals surface area contributed by atoms with Crippen LogP contribution in [0.25, 0.3) is 0 Å². The summed E-state index contributed by atoms with van der Waals surface area (Å²) in [6, 6.07) is 3.79. The van der Waals surface area contributed by atoms with Crippen molar-refractivity contribution < 1.29 is 0 Å². The summed E-state index contributed by atoms with van der Waals surface area (Å²) in [6.07, 6.45) is 3.83. The van der Waals surface area contributed by atoms with E-state index in [-0.39, 0.29) is 0 Å². The summed E-state index contributed by atoms with van der Waals surface area (Å²) in [5.74, 6) is 0.291. The molecule has 0 aliphatic carbocycles. The van der Waals surface area contributed by atoms with Gasteiger partial charge in [0.25, 0.3) is 0 Å². The standard InChI is InChI=1S/C10H13ClN2S/c1-7(10(12-2)14-3)8-4-5-9(11)13-6-8/h4-7H,1-3H3. The first-order chi connectivity index (χ1) is 6.69. The fourth-order valence-corrected chi connectivity index (χ4v) is 2.03. The van der Waals surface area contributed by atoms with Crippen molar-refractivity contribution in [3.63, 3.8) is 0 Å². The second-order valence-electron chi connectivity index (χ2n) is 2.90. The number of halogens is 1. The molecule has 1 unspecified atom stereocenters. The smallest absolute Gasteiger partial charge is 0.129 e. The molecular weight excluding hydrogens is 216 g/mol. The molecule has 0 saturated heterocycles. The zero-order valence-electron chi connectivity index (χ0n) is 8.49. The van der Waals surface area contributed by atoms with Crippen LogP contribution in [0.4, 0.5) is 0 Å². The topological polar surface area (TPSA) is 25.2 Å². The molecule has 0 aromatic carbocycles. The van der Waals surface area contributed by atoms with E-state index in [2.05, 4.69) is 16.9 Å². The first-order valence-corrected chi connectivity index (χ1v) is 5.91. The van der Waals surface area contributed by atoms with Crippen LogP contribution >= 0.6 is 23.4 Å². The molecule has 0 aliphatic rings. The highest BCUT2D eigenvalue weighted by Crippen LogP contribution is 2.22. The van der Waals surface area contributed by atoms with Crippen LogP contribution in [0.2, 0.25) is 5.15 Å². The van der Waals surface area contributed by atoms with E-state index in [4.69, 9.17) is 11.6 Å². The lowest BCUT2D eigenvalue weighted by atomic mass is 10.1. The van der Waals surface area contributed by atoms with Gasteiger partial charge in [0.2, 0.25) is 0 Å². The van der Waals surface area contributed by atoms with Gasteiger partial charge in [0, 0.05) is 19.2 Å². The van der Waals surface area contributed by atoms with Gasteiger partial charge in [-0.2, -0.15) is 0 Å². The van der Waals surface area contributed by atoms with E-state index < -0.39 is 0 Å². The maximum Gasteiger partial charge on any atom is 0.129 e. The van der Waals surface area contributed by atoms with Gasteiger partial charge in [0.1, 0.15) is 5.15 Å². The number of rotatable bonds is 2. The van der Waals surface area contributed by atoms with E-state index in [0.29, 0.717) is 11.1 Å². The fourth-order valence-electron chi connectivity index (χ4n) is 1.25. The van der Waals surface area contributed by atoms with Crippen molar-refractivity contribution in [2.24, 2.45) is 4.99 Å². The van der Waals surface area contributed by atoms with Gasteiger partial charge in [-0.1, -0.05) is 24.6 Å². The number of nitrogens with zero attached hydrogens (tertiary/aromatic N) is 2. The zero-order chi connectivity index (χ0) is 10.6. The van der Waals surface area contributed by atoms with E-state index in [9.17, 15) is 0 Å². The molecule has 4 heteroatoms. The van der Waals surface area contributed by atoms with Crippen LogP contribution in [-0.2, 0) is 0 Å². The Morgan fingerprint density at radius 3 is 2.71 bits per heavy atom. The molecule has 1 rings (SSSR count). The number of pyridine rings is 1. The van der Waals surface area contributed by atoms with E-state index in [1.54, 1.807) is 24.0 Å². The Morgan fingerprint density at radius 2 is 2.29 bits per heavy atom. The zero-order valence-corrected chi connectivity index (χ0v) is 10.1. The normalized spacial score (nSPS) is 14.1. The number of hydrogen-bond donors (Lipinski definition) is 0. The second-order valence-corrected chi connectivity index (χ2v) is 4.12. The Labute approximate surface area is 93.8 Å². The summed E-state index contributed by atoms with van der Waals surface area (Å²) in [7, 11) is 1.81. The molecule has 0 radical (unpaired) electrons. The summed E-state index contributed by atoms with van der Waals surface area (Å²) in [5.41, 5.74) is 1.14. The number of hydrogen-bond acceptors (Lipinski definition) is 3. The summed E-state index contributed by atoms with van der Waals surface area (Å²) in [4.78, 5) is 8.28. The molecule has 1 atom stereocenters. The van der Waals surface area contributed by atoms with Crippen molar-refractivity contribution in [1.29, 1.82) is 0 Å². The van der Waals surface area contributed by atoms with Crippen LogP contribution in [0.15, 0.2) is 23.3 Å². The van der Waals surface area contributed by atoms with Crippen molar-refractivity contribution in [1.82, 2.24) is 4.98 Å². The first kappa shape index (κ1) is 11.5. The molecule has 1 heterocycles. The van der Waals surface area contributed by atoms with Gasteiger partial charge in [0.15, 0.2) is 0 Å². The Hall–Kier alpha value is -0.540. The quantitative estimate of drug-likeness (QED) is 0.441. The molecule has 0 amide bonds. The van der Waals surface area contributed by atoms with Gasteiger partial charge in [0.05, 0.1) is 5.04 Å². The molecule has 0 spiro atoms. The average molecular weight is 229 g/mol. The van der Waals surface area contributed by atoms with Gasteiger partial charge in [-0.05, 0) is 17.9 Å². The molecule has 2 nitrogen and oxygen atoms in total. The highest BCUT2D eigenvalue weighted by molar-refractivity contribution is 8.13. The molecule has 0 N–H and O–H groups in total. The lowest BCUT2D eigenvalue weighted by Crippen LogP contribution is -2.05. The highest BCUT2D eigenvalue weighted by atomic mass is 35.5. The summed E-state index contributed by atoms with van der Waals surface area (Å²) < 4.78 is 0. The fraction of sp³-hybridized carbons (Fsp3) is 0.400. The van der Waals surface area contributed by atoms with Crippen LogP contribution in [0.1, 0.15) is 18.4 Å². The van der Waals surface area contributed by atoms with Gasteiger partial charge in [-0.15, -0.1) is 11.8 Å². The van der Waals surface area contributed by atoms with Crippen molar-refractivity contribution in [3.8, 4) is 0 Å². The van der Waals surface area contributed by atoms with Crippen molar-refractivity contribution >= 4 is 28.4 Å². The Bertz CT molecular complexity index is 321. The number of aromatic nitrogens is 1. The molecule has 0 fully saturated rings. The third kappa shape index (κ3) is 2.72. The van der Waals surface area contributed by atoms with Crippen molar-refractivity contribution in [2.75, 3.05) is 13.3 Å². The van der Waals surface area contributed by atoms with Crippen LogP contribution < -0.4 is 0 Å². The lowest BCUT2D eigenvalue weighted by Gasteiger charge is -2.11. The largest absolute Gasteiger partial charge is 0.286 e. The van der Waals surface area contributed by atoms with Gasteiger partial charge < -0.3 is 0 Å². The minimum absolute atomic E-state index is 0.291. The van der Waals surface area contributed by atoms with Crippen molar-refractivity contribution in [2.45, 2.75) is 12.8 Å². The van der Waals surface area contributed by atoms with Gasteiger partial charge in [-0.3, -0.25) is 4.99 Å². The first-order valence-electron chi connectivity index (χ1n) is 4.31. The second kappa shape index (κ2) is 5.37. The maximum atomic E-state index is 5.72. The predicted octanol–water partition coefficient (Wildman–Crippen LogP) is 3.23. The SMILES string of the molecule is CN=C(SC)C(C)c1ccc(Cl)nc1. The van der Waals surface area contributed by atoms with E-state index in [0.717, 1.165) is 10.6 Å². The van der Waals surface area contributed by atoms with Crippen LogP contribution in [-0.4, -0.2) is 23.3 Å². The minimum atomic E-state index is 0.291. The van der Waals surface area contributed by atoms with E-state index in [1.807, 2.05) is 19.4 Å². The van der Waals surface area contributed by atoms with Crippen molar-refractivity contribution in [3.05, 3.63) is 29.0 Å². The Balaban J connectivity index is 2.89. The predicted molar refractivity (Wildman–Crippen MR) is 64.5 cm³/mol. The summed E-state index contributed by atoms with van der Waals surface area (Å²) >= 11 is 7.38. The highest BCUT2D eigenvalue weighted by Gasteiger charge is 2.11. The molecule has 14 heavy (non-hydrogen) atoms. The molecule has 1 aromatic rings. The Kier molecular flexibility index (Phi) is 4.42. The third-order valence-corrected chi connectivity index (χ3v) is 3.23. The molecule has 0 saturated carbocycles. The molecule has 1 aromatic heterocycles. The van der Waals surface area contributed by atoms with Crippen LogP contribution in [0, 0.1) is 0 Å². The van der Waals surface area contributed by atoms with Crippen LogP contribution in [0.5, 0.6) is 0 Å².